The van der Waals surface area contributed by atoms with E-state index in [0.717, 1.165) is 0 Å². The summed E-state index contributed by atoms with van der Waals surface area (Å²) in [7, 11) is 0. The molecule has 3 aromatic rings. The van der Waals surface area contributed by atoms with E-state index in [0.29, 0.717) is 16.8 Å². The molecule has 0 aliphatic heterocycles. The molecule has 2 heterocycles. The Morgan fingerprint density at radius 1 is 1.35 bits per heavy atom. The molecule has 7 heteroatoms. The van der Waals surface area contributed by atoms with Crippen molar-refractivity contribution >= 4 is 17.0 Å². The van der Waals surface area contributed by atoms with Crippen LogP contribution in [0.3, 0.4) is 0 Å². The number of rotatable bonds is 3. The summed E-state index contributed by atoms with van der Waals surface area (Å²) in [6.45, 7) is 0.0814. The summed E-state index contributed by atoms with van der Waals surface area (Å²) in [4.78, 5) is 16.2. The molecule has 0 saturated heterocycles. The number of benzene rings is 1. The summed E-state index contributed by atoms with van der Waals surface area (Å²) in [5.41, 5.74) is 1.50. The van der Waals surface area contributed by atoms with E-state index in [1.807, 2.05) is 6.07 Å². The van der Waals surface area contributed by atoms with Gasteiger partial charge in [0.25, 0.3) is 0 Å². The number of hydrogen-bond donors (Lipinski definition) is 0. The molecule has 0 N–H and O–H groups in total. The van der Waals surface area contributed by atoms with E-state index in [1.165, 1.54) is 18.2 Å². The van der Waals surface area contributed by atoms with E-state index < -0.39 is 5.97 Å². The van der Waals surface area contributed by atoms with Crippen molar-refractivity contribution in [2.75, 3.05) is 0 Å². The molecule has 7 nitrogen and oxygen atoms in total. The Balaban J connectivity index is 1.75. The van der Waals surface area contributed by atoms with Crippen LogP contribution >= 0.6 is 0 Å². The summed E-state index contributed by atoms with van der Waals surface area (Å²) in [6.07, 6.45) is 1.62. The topological polar surface area (TPSA) is 92.2 Å². The Morgan fingerprint density at radius 2 is 2.25 bits per heavy atom. The highest BCUT2D eigenvalue weighted by atomic mass is 16.8. The molecule has 0 fully saturated rings. The highest BCUT2D eigenvalue weighted by molar-refractivity contribution is 5.92. The number of carbonyl (C=O) groups is 1. The fraction of sp³-hybridized carbons (Fsp3) is 0.0769. The minimum absolute atomic E-state index is 0.0814. The van der Waals surface area contributed by atoms with Crippen LogP contribution in [-0.2, 0) is 11.3 Å². The van der Waals surface area contributed by atoms with Crippen molar-refractivity contribution in [3.8, 4) is 0 Å². The van der Waals surface area contributed by atoms with Gasteiger partial charge in [0.1, 0.15) is 6.61 Å². The summed E-state index contributed by atoms with van der Waals surface area (Å²) in [6, 6.07) is 9.72. The first-order chi connectivity index (χ1) is 9.74. The molecule has 0 atom stereocenters. The van der Waals surface area contributed by atoms with Crippen LogP contribution in [0.2, 0.25) is 0 Å². The number of esters is 1. The first kappa shape index (κ1) is 12.1. The van der Waals surface area contributed by atoms with Crippen LogP contribution in [0.5, 0.6) is 0 Å². The van der Waals surface area contributed by atoms with Crippen LogP contribution in [0, 0.1) is 5.21 Å². The number of pyridine rings is 1. The van der Waals surface area contributed by atoms with Crippen LogP contribution in [0.25, 0.3) is 11.0 Å². The van der Waals surface area contributed by atoms with Gasteiger partial charge in [-0.2, -0.15) is 0 Å². The number of aromatic nitrogens is 3. The third-order valence-electron chi connectivity index (χ3n) is 2.70. The quantitative estimate of drug-likeness (QED) is 0.525. The lowest BCUT2D eigenvalue weighted by molar-refractivity contribution is -0.782. The van der Waals surface area contributed by atoms with Gasteiger partial charge < -0.3 is 9.94 Å². The van der Waals surface area contributed by atoms with E-state index in [1.54, 1.807) is 18.3 Å². The molecule has 0 radical (unpaired) electrons. The van der Waals surface area contributed by atoms with Gasteiger partial charge in [0.2, 0.25) is 11.0 Å². The second-order valence-electron chi connectivity index (χ2n) is 4.03. The summed E-state index contributed by atoms with van der Waals surface area (Å²) in [5, 5.41) is 14.7. The van der Waals surface area contributed by atoms with E-state index in [4.69, 9.17) is 4.74 Å². The van der Waals surface area contributed by atoms with Crippen molar-refractivity contribution < 1.29 is 19.1 Å². The molecule has 0 unspecified atom stereocenters. The Kier molecular flexibility index (Phi) is 3.00. The van der Waals surface area contributed by atoms with Gasteiger partial charge in [0.15, 0.2) is 0 Å². The average molecular weight is 271 g/mol. The molecule has 0 aliphatic carbocycles. The second-order valence-corrected chi connectivity index (χ2v) is 4.03. The third-order valence-corrected chi connectivity index (χ3v) is 2.70. The molecule has 0 amide bonds. The van der Waals surface area contributed by atoms with Gasteiger partial charge in [-0.05, 0) is 29.2 Å². The standard InChI is InChI=1S/C13H9N3O4/c17-13(19-8-10-3-1-2-6-14-10)9-4-5-12-11(7-9)15-20-16(12)18/h1-7H,8H2. The number of hydrogen-bond acceptors (Lipinski definition) is 6. The average Bonchev–Trinajstić information content (AvgIpc) is 2.87. The lowest BCUT2D eigenvalue weighted by atomic mass is 10.2. The predicted octanol–water partition coefficient (Wildman–Crippen LogP) is 1.21. The van der Waals surface area contributed by atoms with Gasteiger partial charge in [-0.1, -0.05) is 6.07 Å². The first-order valence-corrected chi connectivity index (χ1v) is 5.80. The molecular weight excluding hydrogens is 262 g/mol. The molecular formula is C13H9N3O4. The summed E-state index contributed by atoms with van der Waals surface area (Å²) in [5.74, 6) is -0.516. The smallest absolute Gasteiger partial charge is 0.338 e. The fourth-order valence-corrected chi connectivity index (χ4v) is 1.71. The maximum atomic E-state index is 11.9. The highest BCUT2D eigenvalue weighted by Gasteiger charge is 2.14. The van der Waals surface area contributed by atoms with Gasteiger partial charge >= 0.3 is 5.97 Å². The highest BCUT2D eigenvalue weighted by Crippen LogP contribution is 2.12. The molecule has 0 aliphatic rings. The van der Waals surface area contributed by atoms with Gasteiger partial charge in [-0.15, -0.1) is 0 Å². The summed E-state index contributed by atoms with van der Waals surface area (Å²) >= 11 is 0. The zero-order chi connectivity index (χ0) is 13.9. The molecule has 20 heavy (non-hydrogen) atoms. The minimum Gasteiger partial charge on any atom is -0.456 e. The van der Waals surface area contributed by atoms with Crippen molar-refractivity contribution in [1.82, 2.24) is 10.1 Å². The molecule has 100 valence electrons. The number of nitrogens with zero attached hydrogens (tertiary/aromatic N) is 3. The van der Waals surface area contributed by atoms with Crippen LogP contribution < -0.4 is 4.90 Å². The SMILES string of the molecule is O=C(OCc1ccccn1)c1ccc2c(c1)no[n+]2[O-]. The normalized spacial score (nSPS) is 10.6. The van der Waals surface area contributed by atoms with Gasteiger partial charge in [-0.3, -0.25) is 9.61 Å². The van der Waals surface area contributed by atoms with Gasteiger partial charge in [0, 0.05) is 17.4 Å². The maximum absolute atomic E-state index is 11.9. The van der Waals surface area contributed by atoms with Crippen molar-refractivity contribution in [3.63, 3.8) is 0 Å². The molecule has 3 rings (SSSR count). The fourth-order valence-electron chi connectivity index (χ4n) is 1.71. The van der Waals surface area contributed by atoms with E-state index in [9.17, 15) is 10.0 Å². The van der Waals surface area contributed by atoms with Crippen LogP contribution in [0.15, 0.2) is 47.2 Å². The molecule has 1 aromatic carbocycles. The molecule has 0 bridgehead atoms. The van der Waals surface area contributed by atoms with Gasteiger partial charge in [0.05, 0.1) is 11.3 Å². The summed E-state index contributed by atoms with van der Waals surface area (Å²) < 4.78 is 9.55. The van der Waals surface area contributed by atoms with Crippen molar-refractivity contribution in [2.24, 2.45) is 0 Å². The molecule has 2 aromatic heterocycles. The number of ether oxygens (including phenoxy) is 1. The lowest BCUT2D eigenvalue weighted by Crippen LogP contribution is -2.22. The number of carbonyl (C=O) groups excluding carboxylic acids is 1. The van der Waals surface area contributed by atoms with Crippen molar-refractivity contribution in [1.29, 1.82) is 0 Å². The van der Waals surface area contributed by atoms with Crippen molar-refractivity contribution in [3.05, 3.63) is 59.1 Å². The van der Waals surface area contributed by atoms with E-state index in [2.05, 4.69) is 14.8 Å². The van der Waals surface area contributed by atoms with Crippen LogP contribution in [-0.4, -0.2) is 16.1 Å². The zero-order valence-corrected chi connectivity index (χ0v) is 10.2. The Morgan fingerprint density at radius 3 is 3.05 bits per heavy atom. The van der Waals surface area contributed by atoms with Crippen LogP contribution in [0.1, 0.15) is 16.1 Å². The van der Waals surface area contributed by atoms with Gasteiger partial charge in [-0.25, -0.2) is 4.79 Å². The van der Waals surface area contributed by atoms with E-state index >= 15 is 0 Å². The third kappa shape index (κ3) is 2.28. The molecule has 0 saturated carbocycles. The lowest BCUT2D eigenvalue weighted by Gasteiger charge is -2.03. The largest absolute Gasteiger partial charge is 0.456 e. The number of fused-ring (bicyclic) bond motifs is 1. The Hall–Kier alpha value is -2.96. The maximum Gasteiger partial charge on any atom is 0.338 e. The van der Waals surface area contributed by atoms with E-state index in [-0.39, 0.29) is 17.0 Å². The zero-order valence-electron chi connectivity index (χ0n) is 10.2. The monoisotopic (exact) mass is 271 g/mol. The Labute approximate surface area is 112 Å². The predicted molar refractivity (Wildman–Crippen MR) is 66.3 cm³/mol. The Bertz CT molecular complexity index is 755. The second kappa shape index (κ2) is 4.96. The van der Waals surface area contributed by atoms with Crippen LogP contribution in [0.4, 0.5) is 0 Å². The minimum atomic E-state index is -0.516. The van der Waals surface area contributed by atoms with Crippen molar-refractivity contribution in [2.45, 2.75) is 6.61 Å². The molecule has 0 spiro atoms. The first-order valence-electron chi connectivity index (χ1n) is 5.80.